The fourth-order valence-electron chi connectivity index (χ4n) is 3.22. The lowest BCUT2D eigenvalue weighted by Crippen LogP contribution is -2.24. The fourth-order valence-corrected chi connectivity index (χ4v) is 3.22. The Balaban J connectivity index is 1.55. The lowest BCUT2D eigenvalue weighted by molar-refractivity contribution is -0.120. The maximum absolute atomic E-state index is 12.4. The maximum Gasteiger partial charge on any atom is 0.228 e. The van der Waals surface area contributed by atoms with Gasteiger partial charge in [0.25, 0.3) is 0 Å². The van der Waals surface area contributed by atoms with Gasteiger partial charge >= 0.3 is 0 Å². The third-order valence-corrected chi connectivity index (χ3v) is 4.68. The Bertz CT molecular complexity index is 768. The number of hydrogen-bond donors (Lipinski definition) is 2. The second kappa shape index (κ2) is 7.51. The Morgan fingerprint density at radius 3 is 2.48 bits per heavy atom. The summed E-state index contributed by atoms with van der Waals surface area (Å²) in [6, 6.07) is 15.8. The zero-order valence-corrected chi connectivity index (χ0v) is 14.7. The van der Waals surface area contributed by atoms with Crippen LogP contribution in [0.2, 0.25) is 0 Å². The number of aryl methyl sites for hydroxylation is 1. The van der Waals surface area contributed by atoms with Gasteiger partial charge in [-0.1, -0.05) is 36.4 Å². The molecule has 0 unspecified atom stereocenters. The molecule has 1 aliphatic carbocycles. The van der Waals surface area contributed by atoms with Crippen molar-refractivity contribution in [2.75, 3.05) is 11.9 Å². The molecular weight excluding hydrogens is 312 g/mol. The van der Waals surface area contributed by atoms with Gasteiger partial charge in [-0.15, -0.1) is 0 Å². The molecule has 0 spiro atoms. The van der Waals surface area contributed by atoms with Crippen LogP contribution in [0.25, 0.3) is 0 Å². The van der Waals surface area contributed by atoms with E-state index in [4.69, 9.17) is 0 Å². The first-order valence-corrected chi connectivity index (χ1v) is 8.80. The van der Waals surface area contributed by atoms with E-state index in [2.05, 4.69) is 29.7 Å². The molecule has 25 heavy (non-hydrogen) atoms. The predicted octanol–water partition coefficient (Wildman–Crippen LogP) is 3.42. The third kappa shape index (κ3) is 4.27. The molecular formula is C21H24N2O2. The van der Waals surface area contributed by atoms with E-state index < -0.39 is 0 Å². The molecule has 1 saturated carbocycles. The Hall–Kier alpha value is -2.62. The van der Waals surface area contributed by atoms with E-state index in [1.54, 1.807) is 0 Å². The molecule has 0 radical (unpaired) electrons. The average Bonchev–Trinajstić information content (AvgIpc) is 3.38. The van der Waals surface area contributed by atoms with E-state index in [1.807, 2.05) is 43.3 Å². The van der Waals surface area contributed by atoms with Crippen molar-refractivity contribution in [2.24, 2.45) is 5.92 Å². The van der Waals surface area contributed by atoms with Crippen molar-refractivity contribution in [1.82, 2.24) is 5.32 Å². The van der Waals surface area contributed by atoms with Crippen molar-refractivity contribution < 1.29 is 9.59 Å². The van der Waals surface area contributed by atoms with Crippen LogP contribution in [0.1, 0.15) is 36.0 Å². The number of hydrogen-bond acceptors (Lipinski definition) is 2. The van der Waals surface area contributed by atoms with Crippen LogP contribution in [0.3, 0.4) is 0 Å². The molecule has 0 aliphatic heterocycles. The van der Waals surface area contributed by atoms with E-state index in [-0.39, 0.29) is 17.7 Å². The molecule has 4 heteroatoms. The number of anilines is 1. The van der Waals surface area contributed by atoms with E-state index >= 15 is 0 Å². The van der Waals surface area contributed by atoms with Gasteiger partial charge in [-0.2, -0.15) is 0 Å². The lowest BCUT2D eigenvalue weighted by Gasteiger charge is -2.08. The number of nitrogens with one attached hydrogen (secondary N) is 2. The lowest BCUT2D eigenvalue weighted by atomic mass is 10.0. The molecule has 2 aromatic carbocycles. The van der Waals surface area contributed by atoms with Gasteiger partial charge in [-0.3, -0.25) is 9.59 Å². The van der Waals surface area contributed by atoms with Gasteiger partial charge in [0.15, 0.2) is 0 Å². The van der Waals surface area contributed by atoms with E-state index in [9.17, 15) is 9.59 Å². The largest absolute Gasteiger partial charge is 0.356 e. The first-order chi connectivity index (χ1) is 12.1. The molecule has 130 valence electrons. The van der Waals surface area contributed by atoms with Crippen molar-refractivity contribution in [1.29, 1.82) is 0 Å². The van der Waals surface area contributed by atoms with Crippen molar-refractivity contribution in [3.63, 3.8) is 0 Å². The Kier molecular flexibility index (Phi) is 5.17. The zero-order chi connectivity index (χ0) is 17.8. The summed E-state index contributed by atoms with van der Waals surface area (Å²) in [5.74, 6) is 0.470. The minimum atomic E-state index is 0.0124. The highest BCUT2D eigenvalue weighted by Gasteiger charge is 2.44. The standard InChI is InChI=1S/C21H24N2O2/c1-3-22-20(24)12-15-8-10-16(11-9-15)23-21(25)19-13-18(19)17-7-5-4-6-14(17)2/h4-11,18-19H,3,12-13H2,1-2H3,(H,22,24)(H,23,25)/t18-,19+/m1/s1. The molecule has 1 aliphatic rings. The summed E-state index contributed by atoms with van der Waals surface area (Å²) >= 11 is 0. The van der Waals surface area contributed by atoms with Gasteiger partial charge < -0.3 is 10.6 Å². The molecule has 4 nitrogen and oxygen atoms in total. The summed E-state index contributed by atoms with van der Waals surface area (Å²) in [5.41, 5.74) is 4.24. The summed E-state index contributed by atoms with van der Waals surface area (Å²) in [6.07, 6.45) is 1.27. The van der Waals surface area contributed by atoms with Crippen LogP contribution in [0.5, 0.6) is 0 Å². The van der Waals surface area contributed by atoms with Crippen molar-refractivity contribution in [3.8, 4) is 0 Å². The van der Waals surface area contributed by atoms with Crippen LogP contribution in [0.15, 0.2) is 48.5 Å². The quantitative estimate of drug-likeness (QED) is 0.849. The minimum absolute atomic E-state index is 0.0124. The van der Waals surface area contributed by atoms with Crippen LogP contribution in [0.4, 0.5) is 5.69 Å². The molecule has 2 N–H and O–H groups in total. The molecule has 0 aromatic heterocycles. The SMILES string of the molecule is CCNC(=O)Cc1ccc(NC(=O)[C@H]2C[C@@H]2c2ccccc2C)cc1. The molecule has 3 rings (SSSR count). The van der Waals surface area contributed by atoms with Crippen LogP contribution in [0, 0.1) is 12.8 Å². The van der Waals surface area contributed by atoms with Crippen LogP contribution in [-0.4, -0.2) is 18.4 Å². The highest BCUT2D eigenvalue weighted by atomic mass is 16.2. The molecule has 0 bridgehead atoms. The topological polar surface area (TPSA) is 58.2 Å². The monoisotopic (exact) mass is 336 g/mol. The van der Waals surface area contributed by atoms with Crippen LogP contribution >= 0.6 is 0 Å². The van der Waals surface area contributed by atoms with Gasteiger partial charge in [0.1, 0.15) is 0 Å². The summed E-state index contributed by atoms with van der Waals surface area (Å²) < 4.78 is 0. The molecule has 2 atom stereocenters. The smallest absolute Gasteiger partial charge is 0.228 e. The van der Waals surface area contributed by atoms with Gasteiger partial charge in [-0.25, -0.2) is 0 Å². The van der Waals surface area contributed by atoms with Gasteiger partial charge in [-0.05, 0) is 55.0 Å². The summed E-state index contributed by atoms with van der Waals surface area (Å²) in [4.78, 5) is 24.0. The van der Waals surface area contributed by atoms with Crippen molar-refractivity contribution >= 4 is 17.5 Å². The molecule has 0 heterocycles. The fraction of sp³-hybridized carbons (Fsp3) is 0.333. The predicted molar refractivity (Wildman–Crippen MR) is 99.5 cm³/mol. The normalized spacial score (nSPS) is 18.5. The molecule has 2 amide bonds. The second-order valence-electron chi connectivity index (χ2n) is 6.62. The van der Waals surface area contributed by atoms with E-state index in [1.165, 1.54) is 11.1 Å². The number of benzene rings is 2. The van der Waals surface area contributed by atoms with Crippen LogP contribution in [-0.2, 0) is 16.0 Å². The van der Waals surface area contributed by atoms with Crippen molar-refractivity contribution in [2.45, 2.75) is 32.6 Å². The Morgan fingerprint density at radius 1 is 1.08 bits per heavy atom. The van der Waals surface area contributed by atoms with E-state index in [0.29, 0.717) is 18.9 Å². The number of carbonyl (C=O) groups is 2. The highest BCUT2D eigenvalue weighted by molar-refractivity contribution is 5.95. The zero-order valence-electron chi connectivity index (χ0n) is 14.7. The number of likely N-dealkylation sites (N-methyl/N-ethyl adjacent to an activating group) is 1. The van der Waals surface area contributed by atoms with Gasteiger partial charge in [0.05, 0.1) is 6.42 Å². The first-order valence-electron chi connectivity index (χ1n) is 8.80. The van der Waals surface area contributed by atoms with Crippen LogP contribution < -0.4 is 10.6 Å². The second-order valence-corrected chi connectivity index (χ2v) is 6.62. The van der Waals surface area contributed by atoms with E-state index in [0.717, 1.165) is 17.7 Å². The Morgan fingerprint density at radius 2 is 1.80 bits per heavy atom. The number of amides is 2. The average molecular weight is 336 g/mol. The maximum atomic E-state index is 12.4. The molecule has 2 aromatic rings. The van der Waals surface area contributed by atoms with Gasteiger partial charge in [0.2, 0.25) is 11.8 Å². The highest BCUT2D eigenvalue weighted by Crippen LogP contribution is 2.48. The number of carbonyl (C=O) groups excluding carboxylic acids is 2. The first kappa shape index (κ1) is 17.2. The molecule has 0 saturated heterocycles. The summed E-state index contributed by atoms with van der Waals surface area (Å²) in [6.45, 7) is 4.63. The Labute approximate surface area is 148 Å². The summed E-state index contributed by atoms with van der Waals surface area (Å²) in [5, 5.41) is 5.77. The molecule has 1 fully saturated rings. The van der Waals surface area contributed by atoms with Crippen molar-refractivity contribution in [3.05, 3.63) is 65.2 Å². The third-order valence-electron chi connectivity index (χ3n) is 4.68. The minimum Gasteiger partial charge on any atom is -0.356 e. The van der Waals surface area contributed by atoms with Gasteiger partial charge in [0, 0.05) is 18.2 Å². The number of rotatable bonds is 6. The summed E-state index contributed by atoms with van der Waals surface area (Å²) in [7, 11) is 0.